The topological polar surface area (TPSA) is 42.0 Å². The Labute approximate surface area is 171 Å². The molecular formula is C22H27ClN2O3. The van der Waals surface area contributed by atoms with Crippen molar-refractivity contribution in [2.75, 3.05) is 31.7 Å². The second kappa shape index (κ2) is 8.41. The standard InChI is InChI=1S/C22H27ClN2O3/c1-22(2,3)28-21(26)25-13-14-27-15-20(25)16-5-9-18(10-6-16)24(4)19-11-7-17(23)8-12-19/h5-12,20H,13-15H2,1-4H3/t20-/m1/s1. The van der Waals surface area contributed by atoms with E-state index in [0.717, 1.165) is 16.9 Å². The summed E-state index contributed by atoms with van der Waals surface area (Å²) in [6.45, 7) is 7.13. The molecule has 28 heavy (non-hydrogen) atoms. The minimum Gasteiger partial charge on any atom is -0.444 e. The summed E-state index contributed by atoms with van der Waals surface area (Å²) < 4.78 is 11.2. The van der Waals surface area contributed by atoms with Crippen molar-refractivity contribution in [1.29, 1.82) is 0 Å². The van der Waals surface area contributed by atoms with Gasteiger partial charge in [0.2, 0.25) is 0 Å². The maximum atomic E-state index is 12.6. The molecule has 1 aliphatic heterocycles. The highest BCUT2D eigenvalue weighted by atomic mass is 35.5. The molecule has 1 saturated heterocycles. The van der Waals surface area contributed by atoms with E-state index in [0.29, 0.717) is 24.8 Å². The average molecular weight is 403 g/mol. The zero-order valence-electron chi connectivity index (χ0n) is 16.8. The second-order valence-electron chi connectivity index (χ2n) is 7.89. The quantitative estimate of drug-likeness (QED) is 0.687. The number of amides is 1. The Morgan fingerprint density at radius 2 is 1.68 bits per heavy atom. The minimum absolute atomic E-state index is 0.154. The molecular weight excluding hydrogens is 376 g/mol. The van der Waals surface area contributed by atoms with E-state index in [9.17, 15) is 4.79 Å². The van der Waals surface area contributed by atoms with E-state index in [2.05, 4.69) is 4.90 Å². The van der Waals surface area contributed by atoms with E-state index in [-0.39, 0.29) is 12.1 Å². The number of rotatable bonds is 3. The van der Waals surface area contributed by atoms with Crippen LogP contribution < -0.4 is 4.90 Å². The first kappa shape index (κ1) is 20.5. The van der Waals surface area contributed by atoms with E-state index in [1.165, 1.54) is 0 Å². The molecule has 1 aliphatic rings. The van der Waals surface area contributed by atoms with E-state index in [1.807, 2.05) is 76.3 Å². The summed E-state index contributed by atoms with van der Waals surface area (Å²) in [5, 5.41) is 0.715. The molecule has 1 atom stereocenters. The predicted molar refractivity (Wildman–Crippen MR) is 112 cm³/mol. The lowest BCUT2D eigenvalue weighted by molar-refractivity contribution is -0.0331. The maximum absolute atomic E-state index is 12.6. The van der Waals surface area contributed by atoms with Crippen LogP contribution in [0.25, 0.3) is 0 Å². The monoisotopic (exact) mass is 402 g/mol. The normalized spacial score (nSPS) is 17.3. The summed E-state index contributed by atoms with van der Waals surface area (Å²) in [5.74, 6) is 0. The molecule has 0 saturated carbocycles. The number of carbonyl (C=O) groups excluding carboxylic acids is 1. The molecule has 2 aromatic carbocycles. The van der Waals surface area contributed by atoms with Gasteiger partial charge in [-0.3, -0.25) is 4.90 Å². The number of ether oxygens (including phenoxy) is 2. The molecule has 1 fully saturated rings. The molecule has 1 heterocycles. The van der Waals surface area contributed by atoms with Gasteiger partial charge in [-0.15, -0.1) is 0 Å². The first-order valence-corrected chi connectivity index (χ1v) is 9.79. The van der Waals surface area contributed by atoms with Crippen molar-refractivity contribution in [3.63, 3.8) is 0 Å². The van der Waals surface area contributed by atoms with Crippen molar-refractivity contribution < 1.29 is 14.3 Å². The number of morpholine rings is 1. The first-order chi connectivity index (χ1) is 13.2. The molecule has 6 heteroatoms. The largest absolute Gasteiger partial charge is 0.444 e. The SMILES string of the molecule is CN(c1ccc(Cl)cc1)c1ccc([C@H]2COCCN2C(=O)OC(C)(C)C)cc1. The van der Waals surface area contributed by atoms with Crippen LogP contribution in [-0.4, -0.2) is 43.4 Å². The fraction of sp³-hybridized carbons (Fsp3) is 0.409. The van der Waals surface area contributed by atoms with Crippen molar-refractivity contribution in [2.24, 2.45) is 0 Å². The van der Waals surface area contributed by atoms with Crippen molar-refractivity contribution in [3.05, 3.63) is 59.1 Å². The van der Waals surface area contributed by atoms with Gasteiger partial charge in [-0.2, -0.15) is 0 Å². The minimum atomic E-state index is -0.523. The van der Waals surface area contributed by atoms with Gasteiger partial charge in [0.15, 0.2) is 0 Å². The van der Waals surface area contributed by atoms with E-state index < -0.39 is 5.60 Å². The van der Waals surface area contributed by atoms with Gasteiger partial charge in [-0.1, -0.05) is 23.7 Å². The Balaban J connectivity index is 1.77. The lowest BCUT2D eigenvalue weighted by Crippen LogP contribution is -2.45. The Bertz CT molecular complexity index is 800. The lowest BCUT2D eigenvalue weighted by Gasteiger charge is -2.37. The first-order valence-electron chi connectivity index (χ1n) is 9.41. The fourth-order valence-electron chi connectivity index (χ4n) is 3.15. The van der Waals surface area contributed by atoms with Crippen LogP contribution in [-0.2, 0) is 9.47 Å². The highest BCUT2D eigenvalue weighted by Crippen LogP contribution is 2.30. The van der Waals surface area contributed by atoms with Crippen molar-refractivity contribution in [3.8, 4) is 0 Å². The molecule has 0 N–H and O–H groups in total. The Morgan fingerprint density at radius 3 is 2.25 bits per heavy atom. The van der Waals surface area contributed by atoms with Gasteiger partial charge in [0.05, 0.1) is 19.3 Å². The second-order valence-corrected chi connectivity index (χ2v) is 8.33. The van der Waals surface area contributed by atoms with Crippen molar-refractivity contribution >= 4 is 29.1 Å². The van der Waals surface area contributed by atoms with Crippen LogP contribution in [0.1, 0.15) is 32.4 Å². The van der Waals surface area contributed by atoms with Crippen molar-refractivity contribution in [2.45, 2.75) is 32.4 Å². The summed E-state index contributed by atoms with van der Waals surface area (Å²) in [5.41, 5.74) is 2.60. The number of halogens is 1. The van der Waals surface area contributed by atoms with Crippen LogP contribution in [0.3, 0.4) is 0 Å². The third kappa shape index (κ3) is 4.97. The van der Waals surface area contributed by atoms with Gasteiger partial charge < -0.3 is 14.4 Å². The molecule has 3 rings (SSSR count). The Hall–Kier alpha value is -2.24. The zero-order valence-corrected chi connectivity index (χ0v) is 17.6. The third-order valence-corrected chi connectivity index (χ3v) is 4.89. The summed E-state index contributed by atoms with van der Waals surface area (Å²) in [6, 6.07) is 15.7. The van der Waals surface area contributed by atoms with E-state index >= 15 is 0 Å². The van der Waals surface area contributed by atoms with Gasteiger partial charge >= 0.3 is 6.09 Å². The fourth-order valence-corrected chi connectivity index (χ4v) is 3.28. The lowest BCUT2D eigenvalue weighted by atomic mass is 10.0. The molecule has 1 amide bonds. The number of carbonyl (C=O) groups is 1. The molecule has 0 aliphatic carbocycles. The summed E-state index contributed by atoms with van der Waals surface area (Å²) in [7, 11) is 2.01. The van der Waals surface area contributed by atoms with Crippen LogP contribution in [0.4, 0.5) is 16.2 Å². The van der Waals surface area contributed by atoms with Gasteiger partial charge in [0.25, 0.3) is 0 Å². The molecule has 0 spiro atoms. The number of benzene rings is 2. The molecule has 0 unspecified atom stereocenters. The predicted octanol–water partition coefficient (Wildman–Crippen LogP) is 5.42. The van der Waals surface area contributed by atoms with E-state index in [1.54, 1.807) is 4.90 Å². The van der Waals surface area contributed by atoms with Gasteiger partial charge in [-0.05, 0) is 62.7 Å². The molecule has 2 aromatic rings. The summed E-state index contributed by atoms with van der Waals surface area (Å²) >= 11 is 5.98. The number of hydrogen-bond acceptors (Lipinski definition) is 4. The van der Waals surface area contributed by atoms with Crippen LogP contribution in [0, 0.1) is 0 Å². The Kier molecular flexibility index (Phi) is 6.16. The maximum Gasteiger partial charge on any atom is 0.410 e. The van der Waals surface area contributed by atoms with Gasteiger partial charge in [0, 0.05) is 30.0 Å². The van der Waals surface area contributed by atoms with Gasteiger partial charge in [0.1, 0.15) is 5.60 Å². The van der Waals surface area contributed by atoms with Gasteiger partial charge in [-0.25, -0.2) is 4.79 Å². The van der Waals surface area contributed by atoms with E-state index in [4.69, 9.17) is 21.1 Å². The molecule has 0 radical (unpaired) electrons. The molecule has 0 aromatic heterocycles. The number of nitrogens with zero attached hydrogens (tertiary/aromatic N) is 2. The summed E-state index contributed by atoms with van der Waals surface area (Å²) in [6.07, 6.45) is -0.303. The van der Waals surface area contributed by atoms with Crippen LogP contribution in [0.5, 0.6) is 0 Å². The smallest absolute Gasteiger partial charge is 0.410 e. The highest BCUT2D eigenvalue weighted by molar-refractivity contribution is 6.30. The summed E-state index contributed by atoms with van der Waals surface area (Å²) in [4.78, 5) is 16.5. The molecule has 5 nitrogen and oxygen atoms in total. The number of hydrogen-bond donors (Lipinski definition) is 0. The van der Waals surface area contributed by atoms with Crippen molar-refractivity contribution in [1.82, 2.24) is 4.90 Å². The Morgan fingerprint density at radius 1 is 1.11 bits per heavy atom. The van der Waals surface area contributed by atoms with Crippen LogP contribution >= 0.6 is 11.6 Å². The highest BCUT2D eigenvalue weighted by Gasteiger charge is 2.32. The molecule has 0 bridgehead atoms. The van der Waals surface area contributed by atoms with Crippen LogP contribution in [0.15, 0.2) is 48.5 Å². The average Bonchev–Trinajstić information content (AvgIpc) is 2.67. The zero-order chi connectivity index (χ0) is 20.3. The van der Waals surface area contributed by atoms with Crippen LogP contribution in [0.2, 0.25) is 5.02 Å². The molecule has 150 valence electrons. The third-order valence-electron chi connectivity index (χ3n) is 4.64. The number of anilines is 2.